The molecule has 0 unspecified atom stereocenters. The number of hydrogen-bond donors (Lipinski definition) is 1. The standard InChI is InChI=1S/C12H19N5S/c1-4-12(5-2,18-3)8-14-10-11-16-15-9-17(11)7-6-13-10/h6-7,9H,4-5,8H2,1-3H3,(H,13,14). The second-order valence-corrected chi connectivity index (χ2v) is 5.56. The van der Waals surface area contributed by atoms with Crippen LogP contribution in [0.2, 0.25) is 0 Å². The van der Waals surface area contributed by atoms with E-state index >= 15 is 0 Å². The van der Waals surface area contributed by atoms with Crippen molar-refractivity contribution in [1.82, 2.24) is 19.6 Å². The van der Waals surface area contributed by atoms with Gasteiger partial charge in [-0.25, -0.2) is 4.98 Å². The minimum atomic E-state index is 0.258. The molecule has 0 fully saturated rings. The van der Waals surface area contributed by atoms with Crippen LogP contribution >= 0.6 is 11.8 Å². The molecule has 2 aromatic heterocycles. The molecule has 18 heavy (non-hydrogen) atoms. The Morgan fingerprint density at radius 1 is 1.39 bits per heavy atom. The smallest absolute Gasteiger partial charge is 0.203 e. The number of nitrogens with one attached hydrogen (secondary N) is 1. The van der Waals surface area contributed by atoms with Gasteiger partial charge in [-0.05, 0) is 19.1 Å². The summed E-state index contributed by atoms with van der Waals surface area (Å²) in [6.07, 6.45) is 9.73. The molecule has 2 rings (SSSR count). The molecule has 0 aromatic carbocycles. The van der Waals surface area contributed by atoms with Gasteiger partial charge >= 0.3 is 0 Å². The van der Waals surface area contributed by atoms with Gasteiger partial charge in [-0.2, -0.15) is 11.8 Å². The first-order chi connectivity index (χ1) is 8.74. The minimum absolute atomic E-state index is 0.258. The average molecular weight is 265 g/mol. The Morgan fingerprint density at radius 2 is 2.17 bits per heavy atom. The molecule has 6 heteroatoms. The summed E-state index contributed by atoms with van der Waals surface area (Å²) in [6.45, 7) is 5.35. The van der Waals surface area contributed by atoms with E-state index in [1.54, 1.807) is 12.5 Å². The summed E-state index contributed by atoms with van der Waals surface area (Å²) < 4.78 is 2.13. The fourth-order valence-electron chi connectivity index (χ4n) is 1.99. The molecule has 2 heterocycles. The lowest BCUT2D eigenvalue weighted by Crippen LogP contribution is -2.32. The fraction of sp³-hybridized carbons (Fsp3) is 0.583. The molecule has 0 saturated heterocycles. The van der Waals surface area contributed by atoms with Crippen LogP contribution in [0.25, 0.3) is 5.65 Å². The Bertz CT molecular complexity index is 498. The SMILES string of the molecule is CCC(CC)(CNc1nccn2cnnc12)SC. The Hall–Kier alpha value is -1.30. The molecule has 1 N–H and O–H groups in total. The van der Waals surface area contributed by atoms with Crippen molar-refractivity contribution in [3.05, 3.63) is 18.7 Å². The molecule has 0 amide bonds. The summed E-state index contributed by atoms with van der Waals surface area (Å²) in [5.41, 5.74) is 0.778. The van der Waals surface area contributed by atoms with Crippen LogP contribution in [0.3, 0.4) is 0 Å². The molecule has 98 valence electrons. The van der Waals surface area contributed by atoms with Gasteiger partial charge in [0.2, 0.25) is 5.65 Å². The molecule has 5 nitrogen and oxygen atoms in total. The van der Waals surface area contributed by atoms with E-state index in [1.807, 2.05) is 22.4 Å². The maximum atomic E-state index is 4.34. The van der Waals surface area contributed by atoms with E-state index in [4.69, 9.17) is 0 Å². The second kappa shape index (κ2) is 5.56. The predicted octanol–water partition coefficient (Wildman–Crippen LogP) is 2.46. The minimum Gasteiger partial charge on any atom is -0.366 e. The number of fused-ring (bicyclic) bond motifs is 1. The average Bonchev–Trinajstić information content (AvgIpc) is 2.90. The third kappa shape index (κ3) is 2.43. The molecule has 0 radical (unpaired) electrons. The van der Waals surface area contributed by atoms with Gasteiger partial charge in [0.05, 0.1) is 0 Å². The lowest BCUT2D eigenvalue weighted by molar-refractivity contribution is 0.574. The number of thioether (sulfide) groups is 1. The van der Waals surface area contributed by atoms with Crippen LogP contribution in [0.15, 0.2) is 18.7 Å². The summed E-state index contributed by atoms with van der Waals surface area (Å²) in [4.78, 5) is 4.34. The van der Waals surface area contributed by atoms with E-state index in [1.165, 1.54) is 0 Å². The Balaban J connectivity index is 2.17. The predicted molar refractivity (Wildman–Crippen MR) is 76.1 cm³/mol. The molecule has 2 aromatic rings. The van der Waals surface area contributed by atoms with Crippen LogP contribution in [-0.4, -0.2) is 37.1 Å². The Kier molecular flexibility index (Phi) is 4.06. The van der Waals surface area contributed by atoms with Crippen LogP contribution in [0.1, 0.15) is 26.7 Å². The largest absolute Gasteiger partial charge is 0.366 e. The zero-order chi connectivity index (χ0) is 13.0. The summed E-state index contributed by atoms with van der Waals surface area (Å²) in [5.74, 6) is 0.801. The van der Waals surface area contributed by atoms with Crippen molar-refractivity contribution in [2.45, 2.75) is 31.4 Å². The number of rotatable bonds is 6. The maximum absolute atomic E-state index is 4.34. The fourth-order valence-corrected chi connectivity index (χ4v) is 2.78. The molecule has 0 bridgehead atoms. The van der Waals surface area contributed by atoms with Crippen LogP contribution in [0, 0.1) is 0 Å². The maximum Gasteiger partial charge on any atom is 0.203 e. The van der Waals surface area contributed by atoms with Gasteiger partial charge in [0.25, 0.3) is 0 Å². The number of hydrogen-bond acceptors (Lipinski definition) is 5. The molecule has 0 saturated carbocycles. The van der Waals surface area contributed by atoms with Crippen molar-refractivity contribution >= 4 is 23.2 Å². The highest BCUT2D eigenvalue weighted by Gasteiger charge is 2.25. The van der Waals surface area contributed by atoms with Gasteiger partial charge in [0.1, 0.15) is 6.33 Å². The van der Waals surface area contributed by atoms with E-state index in [0.29, 0.717) is 0 Å². The van der Waals surface area contributed by atoms with Gasteiger partial charge < -0.3 is 5.32 Å². The first kappa shape index (κ1) is 13.1. The van der Waals surface area contributed by atoms with Crippen molar-refractivity contribution in [3.63, 3.8) is 0 Å². The Morgan fingerprint density at radius 3 is 2.83 bits per heavy atom. The van der Waals surface area contributed by atoms with E-state index in [0.717, 1.165) is 30.9 Å². The summed E-state index contributed by atoms with van der Waals surface area (Å²) in [6, 6.07) is 0. The van der Waals surface area contributed by atoms with Crippen molar-refractivity contribution in [2.24, 2.45) is 0 Å². The molecule has 0 aliphatic heterocycles. The molecular weight excluding hydrogens is 246 g/mol. The third-order valence-electron chi connectivity index (χ3n) is 3.52. The molecule has 0 aliphatic carbocycles. The van der Waals surface area contributed by atoms with Crippen LogP contribution in [0.4, 0.5) is 5.82 Å². The van der Waals surface area contributed by atoms with Crippen molar-refractivity contribution in [2.75, 3.05) is 18.1 Å². The molecule has 0 spiro atoms. The quantitative estimate of drug-likeness (QED) is 0.869. The van der Waals surface area contributed by atoms with E-state index in [9.17, 15) is 0 Å². The number of aromatic nitrogens is 4. The third-order valence-corrected chi connectivity index (χ3v) is 5.10. The first-order valence-electron chi connectivity index (χ1n) is 6.18. The van der Waals surface area contributed by atoms with Gasteiger partial charge in [-0.3, -0.25) is 4.40 Å². The highest BCUT2D eigenvalue weighted by Crippen LogP contribution is 2.30. The lowest BCUT2D eigenvalue weighted by atomic mass is 10.0. The van der Waals surface area contributed by atoms with Crippen molar-refractivity contribution in [3.8, 4) is 0 Å². The lowest BCUT2D eigenvalue weighted by Gasteiger charge is -2.30. The first-order valence-corrected chi connectivity index (χ1v) is 7.40. The van der Waals surface area contributed by atoms with Gasteiger partial charge in [0.15, 0.2) is 5.82 Å². The Labute approximate surface area is 111 Å². The van der Waals surface area contributed by atoms with Crippen molar-refractivity contribution < 1.29 is 0 Å². The molecule has 0 aliphatic rings. The summed E-state index contributed by atoms with van der Waals surface area (Å²) >= 11 is 1.91. The highest BCUT2D eigenvalue weighted by atomic mass is 32.2. The zero-order valence-corrected chi connectivity index (χ0v) is 11.9. The van der Waals surface area contributed by atoms with Crippen LogP contribution in [-0.2, 0) is 0 Å². The second-order valence-electron chi connectivity index (χ2n) is 4.29. The van der Waals surface area contributed by atoms with E-state index in [2.05, 4.69) is 40.6 Å². The summed E-state index contributed by atoms with van der Waals surface area (Å²) in [5, 5.41) is 11.4. The monoisotopic (exact) mass is 265 g/mol. The zero-order valence-electron chi connectivity index (χ0n) is 11.1. The van der Waals surface area contributed by atoms with Gasteiger partial charge in [-0.15, -0.1) is 10.2 Å². The van der Waals surface area contributed by atoms with Crippen molar-refractivity contribution in [1.29, 1.82) is 0 Å². The van der Waals surface area contributed by atoms with Crippen LogP contribution < -0.4 is 5.32 Å². The van der Waals surface area contributed by atoms with Gasteiger partial charge in [-0.1, -0.05) is 13.8 Å². The molecular formula is C12H19N5S. The highest BCUT2D eigenvalue weighted by molar-refractivity contribution is 8.00. The number of anilines is 1. The van der Waals surface area contributed by atoms with E-state index in [-0.39, 0.29) is 4.75 Å². The number of nitrogens with zero attached hydrogens (tertiary/aromatic N) is 4. The topological polar surface area (TPSA) is 55.1 Å². The molecule has 0 atom stereocenters. The van der Waals surface area contributed by atoms with E-state index < -0.39 is 0 Å². The van der Waals surface area contributed by atoms with Crippen LogP contribution in [0.5, 0.6) is 0 Å². The van der Waals surface area contributed by atoms with Gasteiger partial charge in [0, 0.05) is 23.7 Å². The normalized spacial score (nSPS) is 11.9. The summed E-state index contributed by atoms with van der Waals surface area (Å²) in [7, 11) is 0.